The molecule has 1 aliphatic carbocycles. The van der Waals surface area contributed by atoms with Gasteiger partial charge in [-0.15, -0.1) is 0 Å². The Bertz CT molecular complexity index is 1240. The second-order valence-electron chi connectivity index (χ2n) is 8.21. The number of fused-ring (bicyclic) bond motifs is 1. The molecule has 158 valence electrons. The van der Waals surface area contributed by atoms with Gasteiger partial charge in [0.05, 0.1) is 24.9 Å². The van der Waals surface area contributed by atoms with E-state index in [9.17, 15) is 12.8 Å². The molecule has 30 heavy (non-hydrogen) atoms. The molecule has 3 aromatic rings. The fourth-order valence-electron chi connectivity index (χ4n) is 4.25. The van der Waals surface area contributed by atoms with Crippen LogP contribution in [0.15, 0.2) is 30.5 Å². The van der Waals surface area contributed by atoms with Crippen molar-refractivity contribution in [3.8, 4) is 11.4 Å². The van der Waals surface area contributed by atoms with Crippen LogP contribution in [0.4, 0.5) is 10.2 Å². The molecule has 2 aromatic heterocycles. The monoisotopic (exact) mass is 430 g/mol. The van der Waals surface area contributed by atoms with Gasteiger partial charge in [-0.1, -0.05) is 0 Å². The van der Waals surface area contributed by atoms with Crippen LogP contribution >= 0.6 is 0 Å². The zero-order valence-corrected chi connectivity index (χ0v) is 17.7. The Morgan fingerprint density at radius 1 is 1.27 bits per heavy atom. The second kappa shape index (κ2) is 6.75. The third kappa shape index (κ3) is 3.07. The molecule has 1 saturated carbocycles. The summed E-state index contributed by atoms with van der Waals surface area (Å²) in [5.74, 6) is 0.577. The summed E-state index contributed by atoms with van der Waals surface area (Å²) in [6.07, 6.45) is 4.05. The SMILES string of the molecule is C[C@@H]1COCCN1c1cc(C2(S(C)(=O)=O)CC2)nc(-c2cc(F)cc3[nH]ccc23)n1. The lowest BCUT2D eigenvalue weighted by atomic mass is 10.1. The van der Waals surface area contributed by atoms with E-state index in [2.05, 4.69) is 14.9 Å². The summed E-state index contributed by atoms with van der Waals surface area (Å²) in [6, 6.07) is 6.55. The molecule has 2 aliphatic rings. The molecular formula is C21H23FN4O3S. The molecule has 0 bridgehead atoms. The Hall–Kier alpha value is -2.52. The number of nitrogens with zero attached hydrogens (tertiary/aromatic N) is 3. The van der Waals surface area contributed by atoms with E-state index in [0.29, 0.717) is 61.0 Å². The average Bonchev–Trinajstić information content (AvgIpc) is 3.41. The first-order chi connectivity index (χ1) is 14.3. The topological polar surface area (TPSA) is 88.2 Å². The normalized spacial score (nSPS) is 21.2. The molecule has 1 aliphatic heterocycles. The Kier molecular flexibility index (Phi) is 4.37. The van der Waals surface area contributed by atoms with Gasteiger partial charge in [0.2, 0.25) is 0 Å². The van der Waals surface area contributed by atoms with Gasteiger partial charge in [0.25, 0.3) is 0 Å². The number of ether oxygens (including phenoxy) is 1. The first-order valence-corrected chi connectivity index (χ1v) is 11.9. The summed E-state index contributed by atoms with van der Waals surface area (Å²) < 4.78 is 44.0. The molecular weight excluding hydrogens is 407 g/mol. The number of benzene rings is 1. The fourth-order valence-corrected chi connectivity index (χ4v) is 5.58. The summed E-state index contributed by atoms with van der Waals surface area (Å²) in [5, 5.41) is 0.790. The minimum atomic E-state index is -3.36. The summed E-state index contributed by atoms with van der Waals surface area (Å²) in [6.45, 7) is 3.81. The van der Waals surface area contributed by atoms with Crippen LogP contribution in [0.25, 0.3) is 22.3 Å². The lowest BCUT2D eigenvalue weighted by molar-refractivity contribution is 0.0985. The Balaban J connectivity index is 1.74. The van der Waals surface area contributed by atoms with E-state index < -0.39 is 20.4 Å². The summed E-state index contributed by atoms with van der Waals surface area (Å²) >= 11 is 0. The van der Waals surface area contributed by atoms with Crippen LogP contribution in [0.1, 0.15) is 25.5 Å². The molecule has 1 saturated heterocycles. The van der Waals surface area contributed by atoms with Crippen LogP contribution in [0.2, 0.25) is 0 Å². The molecule has 1 N–H and O–H groups in total. The molecule has 7 nitrogen and oxygen atoms in total. The van der Waals surface area contributed by atoms with Gasteiger partial charge in [0.15, 0.2) is 15.7 Å². The zero-order chi connectivity index (χ0) is 21.1. The first kappa shape index (κ1) is 19.4. The van der Waals surface area contributed by atoms with Crippen molar-refractivity contribution in [1.29, 1.82) is 0 Å². The predicted molar refractivity (Wildman–Crippen MR) is 113 cm³/mol. The lowest BCUT2D eigenvalue weighted by Gasteiger charge is -2.34. The van der Waals surface area contributed by atoms with Crippen molar-refractivity contribution >= 4 is 26.6 Å². The van der Waals surface area contributed by atoms with Gasteiger partial charge in [-0.3, -0.25) is 0 Å². The minimum absolute atomic E-state index is 0.0857. The molecule has 2 fully saturated rings. The van der Waals surface area contributed by atoms with Crippen molar-refractivity contribution in [2.75, 3.05) is 30.9 Å². The number of hydrogen-bond donors (Lipinski definition) is 1. The van der Waals surface area contributed by atoms with E-state index in [1.54, 1.807) is 12.3 Å². The van der Waals surface area contributed by atoms with Crippen LogP contribution in [-0.4, -0.2) is 55.4 Å². The maximum absolute atomic E-state index is 14.3. The van der Waals surface area contributed by atoms with Gasteiger partial charge < -0.3 is 14.6 Å². The molecule has 0 unspecified atom stereocenters. The van der Waals surface area contributed by atoms with Crippen LogP contribution in [0, 0.1) is 5.82 Å². The average molecular weight is 431 g/mol. The predicted octanol–water partition coefficient (Wildman–Crippen LogP) is 3.02. The van der Waals surface area contributed by atoms with E-state index in [-0.39, 0.29) is 6.04 Å². The van der Waals surface area contributed by atoms with Gasteiger partial charge >= 0.3 is 0 Å². The van der Waals surface area contributed by atoms with E-state index >= 15 is 0 Å². The largest absolute Gasteiger partial charge is 0.377 e. The summed E-state index contributed by atoms with van der Waals surface area (Å²) in [7, 11) is -3.36. The quantitative estimate of drug-likeness (QED) is 0.685. The van der Waals surface area contributed by atoms with Gasteiger partial charge in [0.1, 0.15) is 16.4 Å². The van der Waals surface area contributed by atoms with Gasteiger partial charge in [-0.25, -0.2) is 22.8 Å². The van der Waals surface area contributed by atoms with Gasteiger partial charge in [-0.05, 0) is 38.0 Å². The van der Waals surface area contributed by atoms with E-state index in [4.69, 9.17) is 9.72 Å². The Morgan fingerprint density at radius 2 is 2.07 bits per heavy atom. The smallest absolute Gasteiger partial charge is 0.162 e. The number of hydrogen-bond acceptors (Lipinski definition) is 6. The maximum Gasteiger partial charge on any atom is 0.162 e. The van der Waals surface area contributed by atoms with Crippen molar-refractivity contribution in [2.24, 2.45) is 0 Å². The van der Waals surface area contributed by atoms with Crippen LogP contribution in [-0.2, 0) is 19.3 Å². The molecule has 1 atom stereocenters. The second-order valence-corrected chi connectivity index (χ2v) is 10.5. The number of rotatable bonds is 4. The van der Waals surface area contributed by atoms with E-state index in [1.807, 2.05) is 13.0 Å². The summed E-state index contributed by atoms with van der Waals surface area (Å²) in [4.78, 5) is 14.5. The molecule has 3 heterocycles. The number of morpholine rings is 1. The maximum atomic E-state index is 14.3. The van der Waals surface area contributed by atoms with Crippen molar-refractivity contribution in [2.45, 2.75) is 30.6 Å². The highest BCUT2D eigenvalue weighted by Crippen LogP contribution is 2.52. The molecule has 1 aromatic carbocycles. The number of halogens is 1. The Labute approximate surface area is 174 Å². The highest BCUT2D eigenvalue weighted by atomic mass is 32.2. The van der Waals surface area contributed by atoms with E-state index in [0.717, 1.165) is 5.39 Å². The van der Waals surface area contributed by atoms with E-state index in [1.165, 1.54) is 18.4 Å². The number of aromatic nitrogens is 3. The number of nitrogens with one attached hydrogen (secondary N) is 1. The van der Waals surface area contributed by atoms with Crippen molar-refractivity contribution < 1.29 is 17.5 Å². The van der Waals surface area contributed by atoms with Crippen LogP contribution in [0.5, 0.6) is 0 Å². The number of anilines is 1. The molecule has 0 radical (unpaired) electrons. The Morgan fingerprint density at radius 3 is 2.77 bits per heavy atom. The molecule has 0 amide bonds. The van der Waals surface area contributed by atoms with Gasteiger partial charge in [-0.2, -0.15) is 0 Å². The van der Waals surface area contributed by atoms with Crippen molar-refractivity contribution in [1.82, 2.24) is 15.0 Å². The fraction of sp³-hybridized carbons (Fsp3) is 0.429. The number of aromatic amines is 1. The molecule has 0 spiro atoms. The third-order valence-electron chi connectivity index (χ3n) is 6.13. The number of H-pyrrole nitrogens is 1. The first-order valence-electron chi connectivity index (χ1n) is 9.99. The zero-order valence-electron chi connectivity index (χ0n) is 16.9. The van der Waals surface area contributed by atoms with Gasteiger partial charge in [0, 0.05) is 41.5 Å². The molecule has 5 rings (SSSR count). The highest BCUT2D eigenvalue weighted by molar-refractivity contribution is 7.91. The van der Waals surface area contributed by atoms with Crippen molar-refractivity contribution in [3.63, 3.8) is 0 Å². The molecule has 9 heteroatoms. The standard InChI is InChI=1S/C21H23FN4O3S/c1-13-12-29-8-7-26(13)19-11-18(21(4-5-21)30(2,27)28)24-20(25-19)16-9-14(22)10-17-15(16)3-6-23-17/h3,6,9-11,13,23H,4-5,7-8,12H2,1-2H3/t13-/m1/s1. The van der Waals surface area contributed by atoms with Crippen LogP contribution in [0.3, 0.4) is 0 Å². The lowest BCUT2D eigenvalue weighted by Crippen LogP contribution is -2.44. The minimum Gasteiger partial charge on any atom is -0.377 e. The third-order valence-corrected chi connectivity index (χ3v) is 8.17. The van der Waals surface area contributed by atoms with Crippen molar-refractivity contribution in [3.05, 3.63) is 42.0 Å². The summed E-state index contributed by atoms with van der Waals surface area (Å²) in [5.41, 5.74) is 1.67. The number of sulfone groups is 1. The highest BCUT2D eigenvalue weighted by Gasteiger charge is 2.55. The van der Waals surface area contributed by atoms with Crippen LogP contribution < -0.4 is 4.90 Å².